The molecule has 4 rings (SSSR count). The van der Waals surface area contributed by atoms with Crippen LogP contribution in [0.5, 0.6) is 0 Å². The summed E-state index contributed by atoms with van der Waals surface area (Å²) in [7, 11) is 0. The molecule has 24 heavy (non-hydrogen) atoms. The zero-order valence-corrected chi connectivity index (χ0v) is 14.2. The van der Waals surface area contributed by atoms with Crippen molar-refractivity contribution < 1.29 is 4.79 Å². The van der Waals surface area contributed by atoms with Gasteiger partial charge >= 0.3 is 0 Å². The predicted molar refractivity (Wildman–Crippen MR) is 93.4 cm³/mol. The summed E-state index contributed by atoms with van der Waals surface area (Å²) in [5.41, 5.74) is 2.63. The second-order valence-corrected chi connectivity index (χ2v) is 6.83. The molecule has 2 fully saturated rings. The number of para-hydroxylation sites is 1. The molecule has 126 valence electrons. The molecule has 0 bridgehead atoms. The van der Waals surface area contributed by atoms with Crippen LogP contribution < -0.4 is 0 Å². The van der Waals surface area contributed by atoms with Gasteiger partial charge in [-0.1, -0.05) is 24.6 Å². The third-order valence-corrected chi connectivity index (χ3v) is 5.37. The van der Waals surface area contributed by atoms with Crippen LogP contribution in [0.15, 0.2) is 36.5 Å². The maximum absolute atomic E-state index is 13.0. The Morgan fingerprint density at radius 3 is 2.79 bits per heavy atom. The highest BCUT2D eigenvalue weighted by Gasteiger charge is 2.32. The van der Waals surface area contributed by atoms with Gasteiger partial charge < -0.3 is 4.90 Å². The van der Waals surface area contributed by atoms with E-state index in [1.54, 1.807) is 6.20 Å². The molecule has 1 amide bonds. The summed E-state index contributed by atoms with van der Waals surface area (Å²) < 4.78 is 1.85. The second-order valence-electron chi connectivity index (χ2n) is 6.83. The number of rotatable bonds is 2. The fourth-order valence-corrected chi connectivity index (χ4v) is 3.96. The van der Waals surface area contributed by atoms with E-state index in [-0.39, 0.29) is 5.91 Å². The maximum Gasteiger partial charge on any atom is 0.257 e. The lowest BCUT2D eigenvalue weighted by Gasteiger charge is -2.44. The molecule has 1 atom stereocenters. The summed E-state index contributed by atoms with van der Waals surface area (Å²) in [4.78, 5) is 17.6. The van der Waals surface area contributed by atoms with Gasteiger partial charge in [0.15, 0.2) is 0 Å². The molecule has 0 aliphatic carbocycles. The Morgan fingerprint density at radius 1 is 1.12 bits per heavy atom. The van der Waals surface area contributed by atoms with E-state index in [1.807, 2.05) is 46.8 Å². The summed E-state index contributed by atoms with van der Waals surface area (Å²) in [6.45, 7) is 5.85. The van der Waals surface area contributed by atoms with Gasteiger partial charge in [0, 0.05) is 25.7 Å². The molecular weight excluding hydrogens is 300 g/mol. The highest BCUT2D eigenvalue weighted by molar-refractivity contribution is 5.95. The number of hydrogen-bond donors (Lipinski definition) is 0. The van der Waals surface area contributed by atoms with E-state index >= 15 is 0 Å². The number of amides is 1. The van der Waals surface area contributed by atoms with Gasteiger partial charge in [-0.15, -0.1) is 0 Å². The van der Waals surface area contributed by atoms with Crippen LogP contribution in [0.1, 0.15) is 35.3 Å². The van der Waals surface area contributed by atoms with Crippen molar-refractivity contribution in [1.82, 2.24) is 19.6 Å². The van der Waals surface area contributed by atoms with Crippen molar-refractivity contribution in [3.8, 4) is 5.69 Å². The molecule has 5 nitrogen and oxygen atoms in total. The smallest absolute Gasteiger partial charge is 0.257 e. The molecule has 0 saturated carbocycles. The Kier molecular flexibility index (Phi) is 4.10. The van der Waals surface area contributed by atoms with Gasteiger partial charge in [-0.25, -0.2) is 4.68 Å². The highest BCUT2D eigenvalue weighted by Crippen LogP contribution is 2.23. The van der Waals surface area contributed by atoms with Crippen LogP contribution >= 0.6 is 0 Å². The first kappa shape index (κ1) is 15.4. The number of nitrogens with zero attached hydrogens (tertiary/aromatic N) is 4. The molecule has 3 heterocycles. The largest absolute Gasteiger partial charge is 0.336 e. The number of piperazine rings is 1. The molecule has 0 radical (unpaired) electrons. The quantitative estimate of drug-likeness (QED) is 0.852. The number of carbonyl (C=O) groups excluding carboxylic acids is 1. The standard InChI is InChI=1S/C19H24N4O/c1-15-18(13-20-23(15)16-7-3-2-4-8-16)19(24)22-12-11-21-10-6-5-9-17(21)14-22/h2-4,7-8,13,17H,5-6,9-12,14H2,1H3/t17-/m1/s1. The van der Waals surface area contributed by atoms with Gasteiger partial charge in [0.25, 0.3) is 5.91 Å². The van der Waals surface area contributed by atoms with Crippen LogP contribution in [0.4, 0.5) is 0 Å². The summed E-state index contributed by atoms with van der Waals surface area (Å²) in [6, 6.07) is 10.5. The van der Waals surface area contributed by atoms with Crippen molar-refractivity contribution >= 4 is 5.91 Å². The predicted octanol–water partition coefficient (Wildman–Crippen LogP) is 2.49. The zero-order valence-electron chi connectivity index (χ0n) is 14.2. The Labute approximate surface area is 142 Å². The van der Waals surface area contributed by atoms with Crippen molar-refractivity contribution in [3.05, 3.63) is 47.8 Å². The van der Waals surface area contributed by atoms with Crippen molar-refractivity contribution in [2.75, 3.05) is 26.2 Å². The summed E-state index contributed by atoms with van der Waals surface area (Å²) >= 11 is 0. The fourth-order valence-electron chi connectivity index (χ4n) is 3.96. The van der Waals surface area contributed by atoms with E-state index in [0.29, 0.717) is 6.04 Å². The third kappa shape index (κ3) is 2.73. The van der Waals surface area contributed by atoms with Crippen LogP contribution in [0.25, 0.3) is 5.69 Å². The molecule has 2 aromatic rings. The van der Waals surface area contributed by atoms with Gasteiger partial charge in [-0.05, 0) is 38.4 Å². The van der Waals surface area contributed by atoms with E-state index in [1.165, 1.54) is 25.8 Å². The third-order valence-electron chi connectivity index (χ3n) is 5.37. The van der Waals surface area contributed by atoms with Crippen LogP contribution in [-0.2, 0) is 0 Å². The van der Waals surface area contributed by atoms with Gasteiger partial charge in [0.2, 0.25) is 0 Å². The molecule has 1 aromatic carbocycles. The number of piperidine rings is 1. The van der Waals surface area contributed by atoms with Gasteiger partial charge in [0.05, 0.1) is 23.1 Å². The average molecular weight is 324 g/mol. The zero-order chi connectivity index (χ0) is 16.5. The van der Waals surface area contributed by atoms with Crippen molar-refractivity contribution in [1.29, 1.82) is 0 Å². The monoisotopic (exact) mass is 324 g/mol. The van der Waals surface area contributed by atoms with Crippen molar-refractivity contribution in [3.63, 3.8) is 0 Å². The first-order valence-corrected chi connectivity index (χ1v) is 8.87. The maximum atomic E-state index is 13.0. The normalized spacial score (nSPS) is 21.5. The molecule has 5 heteroatoms. The Bertz CT molecular complexity index is 724. The number of hydrogen-bond acceptors (Lipinski definition) is 3. The van der Waals surface area contributed by atoms with E-state index in [2.05, 4.69) is 10.00 Å². The Balaban J connectivity index is 1.54. The van der Waals surface area contributed by atoms with Crippen molar-refractivity contribution in [2.24, 2.45) is 0 Å². The second kappa shape index (κ2) is 6.40. The molecule has 0 unspecified atom stereocenters. The van der Waals surface area contributed by atoms with Crippen LogP contribution in [0.3, 0.4) is 0 Å². The Hall–Kier alpha value is -2.14. The van der Waals surface area contributed by atoms with E-state index in [0.717, 1.165) is 36.6 Å². The topological polar surface area (TPSA) is 41.4 Å². The molecule has 2 saturated heterocycles. The van der Waals surface area contributed by atoms with Gasteiger partial charge in [-0.3, -0.25) is 9.69 Å². The molecular formula is C19H24N4O. The lowest BCUT2D eigenvalue weighted by molar-refractivity contribution is 0.0372. The molecule has 2 aliphatic rings. The van der Waals surface area contributed by atoms with E-state index in [4.69, 9.17) is 0 Å². The van der Waals surface area contributed by atoms with Crippen LogP contribution in [0, 0.1) is 6.92 Å². The SMILES string of the molecule is Cc1c(C(=O)N2CCN3CCCC[C@@H]3C2)cnn1-c1ccccc1. The van der Waals surface area contributed by atoms with Crippen molar-refractivity contribution in [2.45, 2.75) is 32.2 Å². The van der Waals surface area contributed by atoms with Gasteiger partial charge in [0.1, 0.15) is 0 Å². The number of aromatic nitrogens is 2. The summed E-state index contributed by atoms with van der Waals surface area (Å²) in [5, 5.41) is 4.44. The molecule has 2 aliphatic heterocycles. The summed E-state index contributed by atoms with van der Waals surface area (Å²) in [5.74, 6) is 0.125. The first-order chi connectivity index (χ1) is 11.7. The van der Waals surface area contributed by atoms with Crippen LogP contribution in [-0.4, -0.2) is 57.7 Å². The minimum Gasteiger partial charge on any atom is -0.336 e. The summed E-state index contributed by atoms with van der Waals surface area (Å²) in [6.07, 6.45) is 5.52. The number of benzene rings is 1. The number of carbonyl (C=O) groups is 1. The van der Waals surface area contributed by atoms with E-state index < -0.39 is 0 Å². The molecule has 0 spiro atoms. The lowest BCUT2D eigenvalue weighted by atomic mass is 9.99. The molecule has 0 N–H and O–H groups in total. The van der Waals surface area contributed by atoms with E-state index in [9.17, 15) is 4.79 Å². The van der Waals surface area contributed by atoms with Gasteiger partial charge in [-0.2, -0.15) is 5.10 Å². The van der Waals surface area contributed by atoms with Crippen LogP contribution in [0.2, 0.25) is 0 Å². The highest BCUT2D eigenvalue weighted by atomic mass is 16.2. The number of fused-ring (bicyclic) bond motifs is 1. The molecule has 1 aromatic heterocycles. The lowest BCUT2D eigenvalue weighted by Crippen LogP contribution is -2.56. The fraction of sp³-hybridized carbons (Fsp3) is 0.474. The Morgan fingerprint density at radius 2 is 1.96 bits per heavy atom. The minimum absolute atomic E-state index is 0.125. The average Bonchev–Trinajstić information content (AvgIpc) is 3.03. The first-order valence-electron chi connectivity index (χ1n) is 8.87. The minimum atomic E-state index is 0.125.